The molecule has 3 rings (SSSR count). The molecule has 0 aliphatic carbocycles. The van der Waals surface area contributed by atoms with Crippen molar-refractivity contribution >= 4 is 35.2 Å². The zero-order valence-corrected chi connectivity index (χ0v) is 19.2. The Bertz CT molecular complexity index is 1230. The van der Waals surface area contributed by atoms with Gasteiger partial charge in [-0.25, -0.2) is 4.79 Å². The summed E-state index contributed by atoms with van der Waals surface area (Å²) in [4.78, 5) is 25.9. The van der Waals surface area contributed by atoms with E-state index in [1.807, 2.05) is 6.07 Å². The zero-order valence-electron chi connectivity index (χ0n) is 18.4. The molecular formula is C26H21ClN2O5. The van der Waals surface area contributed by atoms with Crippen LogP contribution in [0.3, 0.4) is 0 Å². The van der Waals surface area contributed by atoms with Crippen LogP contribution in [0.15, 0.2) is 78.4 Å². The summed E-state index contributed by atoms with van der Waals surface area (Å²) in [6.45, 7) is 0. The average molecular weight is 477 g/mol. The van der Waals surface area contributed by atoms with Crippen molar-refractivity contribution in [3.63, 3.8) is 0 Å². The molecule has 0 saturated heterocycles. The number of ether oxygens (including phenoxy) is 3. The quantitative estimate of drug-likeness (QED) is 0.273. The highest BCUT2D eigenvalue weighted by Gasteiger charge is 2.27. The van der Waals surface area contributed by atoms with Gasteiger partial charge in [0.15, 0.2) is 0 Å². The van der Waals surface area contributed by atoms with E-state index in [-0.39, 0.29) is 5.57 Å². The molecule has 3 aromatic rings. The van der Waals surface area contributed by atoms with Crippen LogP contribution in [-0.2, 0) is 14.3 Å². The number of carbonyl (C=O) groups is 2. The van der Waals surface area contributed by atoms with Gasteiger partial charge in [0, 0.05) is 11.3 Å². The van der Waals surface area contributed by atoms with Crippen LogP contribution in [0.25, 0.3) is 6.08 Å². The molecule has 0 aromatic heterocycles. The van der Waals surface area contributed by atoms with Crippen molar-refractivity contribution in [2.24, 2.45) is 0 Å². The number of nitriles is 1. The first kappa shape index (κ1) is 24.4. The van der Waals surface area contributed by atoms with Crippen LogP contribution in [0.5, 0.6) is 11.5 Å². The summed E-state index contributed by atoms with van der Waals surface area (Å²) in [6, 6.07) is 21.9. The number of nitrogens with zero attached hydrogens (tertiary/aromatic N) is 1. The number of carbonyl (C=O) groups excluding carboxylic acids is 2. The fraction of sp³-hybridized carbons (Fsp3) is 0.115. The van der Waals surface area contributed by atoms with Gasteiger partial charge in [-0.2, -0.15) is 5.26 Å². The second-order valence-electron chi connectivity index (χ2n) is 6.98. The van der Waals surface area contributed by atoms with Crippen molar-refractivity contribution in [1.29, 1.82) is 5.26 Å². The highest BCUT2D eigenvalue weighted by molar-refractivity contribution is 6.32. The number of benzene rings is 3. The second kappa shape index (κ2) is 11.5. The first-order valence-corrected chi connectivity index (χ1v) is 10.5. The van der Waals surface area contributed by atoms with E-state index < -0.39 is 18.0 Å². The third-order valence-corrected chi connectivity index (χ3v) is 5.05. The van der Waals surface area contributed by atoms with Gasteiger partial charge < -0.3 is 19.5 Å². The standard InChI is InChI=1S/C26H21ClN2O5/c1-32-21-11-8-17(9-12-21)14-19(16-28)26(31)34-24(18-6-4-3-5-7-18)25(30)29-20-10-13-23(33-2)22(27)15-20/h3-15,24H,1-2H3,(H,29,30)/b19-14+. The summed E-state index contributed by atoms with van der Waals surface area (Å²) < 4.78 is 15.7. The predicted octanol–water partition coefficient (Wildman–Crippen LogP) is 5.19. The van der Waals surface area contributed by atoms with E-state index >= 15 is 0 Å². The van der Waals surface area contributed by atoms with Gasteiger partial charge in [-0.05, 0) is 42.0 Å². The number of rotatable bonds is 8. The Balaban J connectivity index is 1.84. The molecular weight excluding hydrogens is 456 g/mol. The molecule has 172 valence electrons. The highest BCUT2D eigenvalue weighted by Crippen LogP contribution is 2.28. The molecule has 1 amide bonds. The molecule has 0 heterocycles. The van der Waals surface area contributed by atoms with Gasteiger partial charge >= 0.3 is 5.97 Å². The molecule has 0 aliphatic heterocycles. The fourth-order valence-corrected chi connectivity index (χ4v) is 3.28. The van der Waals surface area contributed by atoms with Gasteiger partial charge in [0.05, 0.1) is 19.2 Å². The monoisotopic (exact) mass is 476 g/mol. The number of hydrogen-bond donors (Lipinski definition) is 1. The van der Waals surface area contributed by atoms with Gasteiger partial charge in [0.2, 0.25) is 6.10 Å². The molecule has 0 aliphatic rings. The van der Waals surface area contributed by atoms with Gasteiger partial charge in [0.1, 0.15) is 23.1 Å². The minimum absolute atomic E-state index is 0.258. The third kappa shape index (κ3) is 6.15. The van der Waals surface area contributed by atoms with Crippen LogP contribution >= 0.6 is 11.6 Å². The fourth-order valence-electron chi connectivity index (χ4n) is 3.03. The van der Waals surface area contributed by atoms with Gasteiger partial charge in [-0.15, -0.1) is 0 Å². The average Bonchev–Trinajstić information content (AvgIpc) is 2.86. The lowest BCUT2D eigenvalue weighted by Crippen LogP contribution is -2.26. The first-order valence-electron chi connectivity index (χ1n) is 10.1. The maximum atomic E-state index is 13.1. The Morgan fingerprint density at radius 3 is 2.29 bits per heavy atom. The SMILES string of the molecule is COc1ccc(/C=C(\C#N)C(=O)OC(C(=O)Nc2ccc(OC)c(Cl)c2)c2ccccc2)cc1. The number of esters is 1. The maximum absolute atomic E-state index is 13.1. The van der Waals surface area contributed by atoms with E-state index in [1.54, 1.807) is 66.7 Å². The van der Waals surface area contributed by atoms with E-state index in [1.165, 1.54) is 26.4 Å². The molecule has 7 nitrogen and oxygen atoms in total. The molecule has 1 unspecified atom stereocenters. The summed E-state index contributed by atoms with van der Waals surface area (Å²) in [5, 5.41) is 12.5. The molecule has 1 N–H and O–H groups in total. The Morgan fingerprint density at radius 2 is 1.71 bits per heavy atom. The lowest BCUT2D eigenvalue weighted by Gasteiger charge is -2.18. The molecule has 0 radical (unpaired) electrons. The Morgan fingerprint density at radius 1 is 1.00 bits per heavy atom. The Labute approximate surface area is 202 Å². The van der Waals surface area contributed by atoms with Crippen LogP contribution in [0, 0.1) is 11.3 Å². The normalized spacial score (nSPS) is 11.6. The predicted molar refractivity (Wildman–Crippen MR) is 128 cm³/mol. The Hall–Kier alpha value is -4.28. The van der Waals surface area contributed by atoms with Crippen LogP contribution in [0.2, 0.25) is 5.02 Å². The van der Waals surface area contributed by atoms with Crippen molar-refractivity contribution in [1.82, 2.24) is 0 Å². The summed E-state index contributed by atoms with van der Waals surface area (Å²) in [5.74, 6) is -0.455. The topological polar surface area (TPSA) is 97.6 Å². The number of anilines is 1. The molecule has 0 spiro atoms. The van der Waals surface area contributed by atoms with E-state index in [4.69, 9.17) is 25.8 Å². The maximum Gasteiger partial charge on any atom is 0.350 e. The smallest absolute Gasteiger partial charge is 0.350 e. The van der Waals surface area contributed by atoms with Crippen molar-refractivity contribution in [2.75, 3.05) is 19.5 Å². The minimum Gasteiger partial charge on any atom is -0.497 e. The molecule has 0 saturated carbocycles. The summed E-state index contributed by atoms with van der Waals surface area (Å²) in [6.07, 6.45) is 0.0764. The van der Waals surface area contributed by atoms with Crippen LogP contribution < -0.4 is 14.8 Å². The van der Waals surface area contributed by atoms with E-state index in [9.17, 15) is 14.9 Å². The number of hydrogen-bond acceptors (Lipinski definition) is 6. The minimum atomic E-state index is -1.30. The van der Waals surface area contributed by atoms with E-state index in [2.05, 4.69) is 5.32 Å². The van der Waals surface area contributed by atoms with Crippen molar-refractivity contribution in [3.8, 4) is 17.6 Å². The van der Waals surface area contributed by atoms with Crippen LogP contribution in [-0.4, -0.2) is 26.1 Å². The van der Waals surface area contributed by atoms with Gasteiger partial charge in [-0.3, -0.25) is 4.79 Å². The Kier molecular flexibility index (Phi) is 8.27. The largest absolute Gasteiger partial charge is 0.497 e. The molecule has 0 fully saturated rings. The van der Waals surface area contributed by atoms with Crippen LogP contribution in [0.4, 0.5) is 5.69 Å². The summed E-state index contributed by atoms with van der Waals surface area (Å²) in [7, 11) is 3.02. The van der Waals surface area contributed by atoms with Crippen LogP contribution in [0.1, 0.15) is 17.2 Å². The van der Waals surface area contributed by atoms with Gasteiger partial charge in [0.25, 0.3) is 5.91 Å². The molecule has 1 atom stereocenters. The molecule has 3 aromatic carbocycles. The van der Waals surface area contributed by atoms with Crippen molar-refractivity contribution < 1.29 is 23.8 Å². The second-order valence-corrected chi connectivity index (χ2v) is 7.38. The summed E-state index contributed by atoms with van der Waals surface area (Å²) in [5.41, 5.74) is 1.17. The van der Waals surface area contributed by atoms with Crippen molar-refractivity contribution in [3.05, 3.63) is 94.5 Å². The van der Waals surface area contributed by atoms with Gasteiger partial charge in [-0.1, -0.05) is 54.1 Å². The van der Waals surface area contributed by atoms with E-state index in [0.29, 0.717) is 33.3 Å². The van der Waals surface area contributed by atoms with Crippen molar-refractivity contribution in [2.45, 2.75) is 6.10 Å². The summed E-state index contributed by atoms with van der Waals surface area (Å²) >= 11 is 6.14. The lowest BCUT2D eigenvalue weighted by atomic mass is 10.1. The number of nitrogens with one attached hydrogen (secondary N) is 1. The van der Waals surface area contributed by atoms with E-state index in [0.717, 1.165) is 0 Å². The molecule has 8 heteroatoms. The lowest BCUT2D eigenvalue weighted by molar-refractivity contribution is -0.150. The molecule has 34 heavy (non-hydrogen) atoms. The number of methoxy groups -OCH3 is 2. The number of halogens is 1. The number of amides is 1. The highest BCUT2D eigenvalue weighted by atomic mass is 35.5. The first-order chi connectivity index (χ1) is 16.4. The zero-order chi connectivity index (χ0) is 24.5. The third-order valence-electron chi connectivity index (χ3n) is 4.75. The molecule has 0 bridgehead atoms.